The summed E-state index contributed by atoms with van der Waals surface area (Å²) in [6, 6.07) is 0. The van der Waals surface area contributed by atoms with Crippen molar-refractivity contribution in [1.29, 1.82) is 0 Å². The van der Waals surface area contributed by atoms with Crippen LogP contribution in [0.4, 0.5) is 0 Å². The van der Waals surface area contributed by atoms with Gasteiger partial charge in [-0.15, -0.1) is 5.10 Å². The van der Waals surface area contributed by atoms with Crippen molar-refractivity contribution >= 4 is 5.78 Å². The predicted molar refractivity (Wildman–Crippen MR) is 127 cm³/mol. The van der Waals surface area contributed by atoms with Gasteiger partial charge in [-0.05, 0) is 19.8 Å². The van der Waals surface area contributed by atoms with Gasteiger partial charge in [0.2, 0.25) is 0 Å². The first-order chi connectivity index (χ1) is 16.0. The summed E-state index contributed by atoms with van der Waals surface area (Å²) in [6.07, 6.45) is 3.77. The Labute approximate surface area is 198 Å². The van der Waals surface area contributed by atoms with Crippen molar-refractivity contribution < 1.29 is 34.7 Å². The predicted octanol–water partition coefficient (Wildman–Crippen LogP) is 1.09. The second-order valence-electron chi connectivity index (χ2n) is 7.39. The average molecular weight is 478 g/mol. The molecule has 4 N–H and O–H groups in total. The molecule has 0 atom stereocenters. The quantitative estimate of drug-likeness (QED) is 0.244. The van der Waals surface area contributed by atoms with Gasteiger partial charge in [-0.3, -0.25) is 4.68 Å². The Balaban J connectivity index is 0. The zero-order chi connectivity index (χ0) is 25.5. The molecular weight excluding hydrogens is 430 g/mol. The van der Waals surface area contributed by atoms with Crippen molar-refractivity contribution in [3.8, 4) is 0 Å². The van der Waals surface area contributed by atoms with Gasteiger partial charge in [0, 0.05) is 36.9 Å². The number of carbonyl (C=O) groups is 1. The number of ether oxygens (including phenoxy) is 2. The van der Waals surface area contributed by atoms with Crippen LogP contribution in [0.1, 0.15) is 53.2 Å². The third kappa shape index (κ3) is 17.7. The number of nitrogens with zero attached hydrogens (tertiary/aromatic N) is 3. The van der Waals surface area contributed by atoms with Crippen LogP contribution in [0.5, 0.6) is 0 Å². The number of aliphatic hydroxyl groups is 4. The molecule has 0 saturated carbocycles. The zero-order valence-corrected chi connectivity index (χ0v) is 21.1. The molecule has 0 radical (unpaired) electrons. The molecule has 1 heterocycles. The molecule has 0 unspecified atom stereocenters. The monoisotopic (exact) mass is 477 g/mol. The molecule has 10 heteroatoms. The normalized spacial score (nSPS) is 10.8. The van der Waals surface area contributed by atoms with Gasteiger partial charge in [0.1, 0.15) is 5.78 Å². The van der Waals surface area contributed by atoms with Crippen LogP contribution in [0.3, 0.4) is 0 Å². The lowest BCUT2D eigenvalue weighted by molar-refractivity contribution is -0.117. The van der Waals surface area contributed by atoms with Crippen molar-refractivity contribution in [2.24, 2.45) is 17.8 Å². The third-order valence-electron chi connectivity index (χ3n) is 4.44. The first-order valence-electron chi connectivity index (χ1n) is 12.0. The highest BCUT2D eigenvalue weighted by Crippen LogP contribution is 2.08. The van der Waals surface area contributed by atoms with Gasteiger partial charge in [0.05, 0.1) is 58.5 Å². The SMILES string of the molecule is CC.CC.CC(=O)CCCc1cn(CC(COCC(CO)CO)COCC(CO)CO)nn1. The lowest BCUT2D eigenvalue weighted by Crippen LogP contribution is -2.27. The third-order valence-corrected chi connectivity index (χ3v) is 4.44. The summed E-state index contributed by atoms with van der Waals surface area (Å²) in [6.45, 7) is 10.6. The van der Waals surface area contributed by atoms with E-state index in [9.17, 15) is 4.79 Å². The van der Waals surface area contributed by atoms with Gasteiger partial charge in [-0.25, -0.2) is 0 Å². The van der Waals surface area contributed by atoms with Gasteiger partial charge in [-0.2, -0.15) is 0 Å². The number of aromatic nitrogens is 3. The minimum atomic E-state index is -0.330. The molecule has 0 aliphatic rings. The van der Waals surface area contributed by atoms with E-state index in [1.165, 1.54) is 0 Å². The second-order valence-corrected chi connectivity index (χ2v) is 7.39. The van der Waals surface area contributed by atoms with Gasteiger partial charge < -0.3 is 34.7 Å². The highest BCUT2D eigenvalue weighted by molar-refractivity contribution is 5.75. The molecule has 196 valence electrons. The highest BCUT2D eigenvalue weighted by atomic mass is 16.5. The number of Topliss-reactive ketones (excluding diaryl/α,β-unsaturated/α-hetero) is 1. The molecule has 33 heavy (non-hydrogen) atoms. The van der Waals surface area contributed by atoms with Crippen LogP contribution in [0.25, 0.3) is 0 Å². The molecule has 0 bridgehead atoms. The maximum absolute atomic E-state index is 11.0. The number of carbonyl (C=O) groups excluding carboxylic acids is 1. The molecule has 1 aromatic rings. The van der Waals surface area contributed by atoms with E-state index in [2.05, 4.69) is 10.3 Å². The van der Waals surface area contributed by atoms with Gasteiger partial charge in [0.25, 0.3) is 0 Å². The molecule has 0 saturated heterocycles. The van der Waals surface area contributed by atoms with E-state index < -0.39 is 0 Å². The lowest BCUT2D eigenvalue weighted by Gasteiger charge is -2.20. The Kier molecular flexibility index (Phi) is 24.3. The molecule has 0 spiro atoms. The van der Waals surface area contributed by atoms with Crippen molar-refractivity contribution in [3.63, 3.8) is 0 Å². The Hall–Kier alpha value is -1.43. The molecule has 0 fully saturated rings. The average Bonchev–Trinajstić information content (AvgIpc) is 3.28. The fourth-order valence-corrected chi connectivity index (χ4v) is 2.61. The number of aryl methyl sites for hydroxylation is 1. The number of hydrogen-bond acceptors (Lipinski definition) is 9. The zero-order valence-electron chi connectivity index (χ0n) is 21.1. The topological polar surface area (TPSA) is 147 Å². The minimum absolute atomic E-state index is 0.0714. The van der Waals surface area contributed by atoms with Crippen LogP contribution >= 0.6 is 0 Å². The van der Waals surface area contributed by atoms with E-state index >= 15 is 0 Å². The van der Waals surface area contributed by atoms with Gasteiger partial charge >= 0.3 is 0 Å². The van der Waals surface area contributed by atoms with Crippen molar-refractivity contribution in [2.75, 3.05) is 52.9 Å². The van der Waals surface area contributed by atoms with Crippen LogP contribution < -0.4 is 0 Å². The van der Waals surface area contributed by atoms with E-state index in [1.54, 1.807) is 11.6 Å². The van der Waals surface area contributed by atoms with Crippen molar-refractivity contribution in [2.45, 2.75) is 60.4 Å². The highest BCUT2D eigenvalue weighted by Gasteiger charge is 2.16. The summed E-state index contributed by atoms with van der Waals surface area (Å²) in [5, 5.41) is 44.8. The maximum atomic E-state index is 11.0. The lowest BCUT2D eigenvalue weighted by atomic mass is 10.1. The van der Waals surface area contributed by atoms with Gasteiger partial charge in [-0.1, -0.05) is 32.9 Å². The Morgan fingerprint density at radius 2 is 1.33 bits per heavy atom. The molecular formula is C23H47N3O7. The van der Waals surface area contributed by atoms with Crippen molar-refractivity contribution in [1.82, 2.24) is 15.0 Å². The molecule has 1 rings (SSSR count). The van der Waals surface area contributed by atoms with E-state index in [0.717, 1.165) is 12.1 Å². The number of ketones is 1. The summed E-state index contributed by atoms with van der Waals surface area (Å²) in [7, 11) is 0. The molecule has 1 aromatic heterocycles. The van der Waals surface area contributed by atoms with E-state index in [4.69, 9.17) is 29.9 Å². The number of hydrogen-bond donors (Lipinski definition) is 4. The Morgan fingerprint density at radius 1 is 0.879 bits per heavy atom. The minimum Gasteiger partial charge on any atom is -0.396 e. The first kappa shape index (κ1) is 33.7. The molecule has 0 aliphatic heterocycles. The molecule has 10 nitrogen and oxygen atoms in total. The fourth-order valence-electron chi connectivity index (χ4n) is 2.61. The van der Waals surface area contributed by atoms with Gasteiger partial charge in [0.15, 0.2) is 0 Å². The van der Waals surface area contributed by atoms with E-state index in [1.807, 2.05) is 33.9 Å². The van der Waals surface area contributed by atoms with Crippen molar-refractivity contribution in [3.05, 3.63) is 11.9 Å². The Bertz CT molecular complexity index is 532. The Morgan fingerprint density at radius 3 is 1.76 bits per heavy atom. The smallest absolute Gasteiger partial charge is 0.129 e. The molecule has 0 aliphatic carbocycles. The van der Waals surface area contributed by atoms with Crippen LogP contribution in [-0.4, -0.2) is 94.1 Å². The summed E-state index contributed by atoms with van der Waals surface area (Å²) < 4.78 is 12.9. The maximum Gasteiger partial charge on any atom is 0.129 e. The molecule has 0 aromatic carbocycles. The summed E-state index contributed by atoms with van der Waals surface area (Å²) in [4.78, 5) is 11.0. The summed E-state index contributed by atoms with van der Waals surface area (Å²) in [5.41, 5.74) is 0.813. The van der Waals surface area contributed by atoms with E-state index in [-0.39, 0.29) is 63.2 Å². The summed E-state index contributed by atoms with van der Waals surface area (Å²) >= 11 is 0. The number of rotatable bonds is 18. The number of aliphatic hydroxyl groups excluding tert-OH is 4. The molecule has 0 amide bonds. The first-order valence-corrected chi connectivity index (χ1v) is 12.0. The van der Waals surface area contributed by atoms with Crippen LogP contribution in [0, 0.1) is 17.8 Å². The van der Waals surface area contributed by atoms with E-state index in [0.29, 0.717) is 32.6 Å². The fraction of sp³-hybridized carbons (Fsp3) is 0.870. The summed E-state index contributed by atoms with van der Waals surface area (Å²) in [5.74, 6) is -0.578. The van der Waals surface area contributed by atoms with Crippen LogP contribution in [-0.2, 0) is 27.2 Å². The van der Waals surface area contributed by atoms with Crippen LogP contribution in [0.15, 0.2) is 6.20 Å². The largest absolute Gasteiger partial charge is 0.396 e. The standard InChI is InChI=1S/C19H35N3O7.2C2H6/c1-15(27)3-2-4-19-6-22(21-20-19)5-16(11-28-13-17(7-23)8-24)12-29-14-18(9-25)10-26;2*1-2/h6,16-18,23-26H,2-5,7-14H2,1H3;2*1-2H3. The second kappa shape index (κ2) is 23.7. The van der Waals surface area contributed by atoms with Crippen LogP contribution in [0.2, 0.25) is 0 Å².